The van der Waals surface area contributed by atoms with E-state index in [4.69, 9.17) is 0 Å². The van der Waals surface area contributed by atoms with Gasteiger partial charge in [-0.25, -0.2) is 0 Å². The zero-order chi connectivity index (χ0) is 42.1. The van der Waals surface area contributed by atoms with Gasteiger partial charge in [0.1, 0.15) is 0 Å². The SMILES string of the molecule is CC/C=C\C/C=C\C/C=C\C/C=C\C/C=C\C/C=C\C/C=C\C/C=C\CCCCCCCCCCCCCCCCCCC(=O)NC(CO)C(O)/C=C/CCCCC. The van der Waals surface area contributed by atoms with Crippen LogP contribution in [0, 0.1) is 0 Å². The van der Waals surface area contributed by atoms with Gasteiger partial charge in [0.25, 0.3) is 0 Å². The van der Waals surface area contributed by atoms with Crippen molar-refractivity contribution in [2.45, 2.75) is 219 Å². The number of carbonyl (C=O) groups is 1. The van der Waals surface area contributed by atoms with E-state index >= 15 is 0 Å². The summed E-state index contributed by atoms with van der Waals surface area (Å²) >= 11 is 0. The zero-order valence-corrected chi connectivity index (χ0v) is 37.8. The molecule has 0 aliphatic carbocycles. The minimum absolute atomic E-state index is 0.0753. The maximum Gasteiger partial charge on any atom is 0.220 e. The van der Waals surface area contributed by atoms with Crippen LogP contribution in [0.3, 0.4) is 0 Å². The lowest BCUT2D eigenvalue weighted by molar-refractivity contribution is -0.123. The van der Waals surface area contributed by atoms with Crippen molar-refractivity contribution in [3.05, 3.63) is 109 Å². The van der Waals surface area contributed by atoms with Crippen molar-refractivity contribution in [2.24, 2.45) is 0 Å². The van der Waals surface area contributed by atoms with Crippen LogP contribution < -0.4 is 5.32 Å². The van der Waals surface area contributed by atoms with Crippen LogP contribution in [-0.2, 0) is 4.79 Å². The third-order valence-corrected chi connectivity index (χ3v) is 10.3. The summed E-state index contributed by atoms with van der Waals surface area (Å²) in [5, 5.41) is 22.6. The Morgan fingerprint density at radius 2 is 0.759 bits per heavy atom. The van der Waals surface area contributed by atoms with Crippen molar-refractivity contribution in [1.82, 2.24) is 5.32 Å². The number of unbranched alkanes of at least 4 members (excludes halogenated alkanes) is 19. The lowest BCUT2D eigenvalue weighted by Crippen LogP contribution is -2.45. The molecule has 1 amide bonds. The second-order valence-electron chi connectivity index (χ2n) is 15.8. The number of aliphatic hydroxyl groups is 2. The molecule has 0 aromatic rings. The number of rotatable bonds is 42. The smallest absolute Gasteiger partial charge is 0.220 e. The molecule has 0 spiro atoms. The number of allylic oxidation sites excluding steroid dienone is 17. The van der Waals surface area contributed by atoms with Gasteiger partial charge in [0.2, 0.25) is 5.91 Å². The molecule has 0 aromatic carbocycles. The highest BCUT2D eigenvalue weighted by Gasteiger charge is 2.17. The van der Waals surface area contributed by atoms with Crippen LogP contribution in [0.25, 0.3) is 0 Å². The number of aliphatic hydroxyl groups excluding tert-OH is 2. The van der Waals surface area contributed by atoms with Crippen LogP contribution in [0.5, 0.6) is 0 Å². The van der Waals surface area contributed by atoms with Gasteiger partial charge >= 0.3 is 0 Å². The highest BCUT2D eigenvalue weighted by atomic mass is 16.3. The zero-order valence-electron chi connectivity index (χ0n) is 37.8. The topological polar surface area (TPSA) is 69.6 Å². The van der Waals surface area contributed by atoms with Gasteiger partial charge < -0.3 is 15.5 Å². The van der Waals surface area contributed by atoms with Gasteiger partial charge in [-0.15, -0.1) is 0 Å². The molecule has 0 saturated carbocycles. The number of hydrogen-bond acceptors (Lipinski definition) is 3. The third-order valence-electron chi connectivity index (χ3n) is 10.3. The molecule has 2 unspecified atom stereocenters. The van der Waals surface area contributed by atoms with Gasteiger partial charge in [-0.2, -0.15) is 0 Å². The monoisotopic (exact) mass is 802 g/mol. The molecular weight excluding hydrogens is 711 g/mol. The Morgan fingerprint density at radius 1 is 0.431 bits per heavy atom. The fourth-order valence-electron chi connectivity index (χ4n) is 6.60. The largest absolute Gasteiger partial charge is 0.394 e. The summed E-state index contributed by atoms with van der Waals surface area (Å²) in [6.45, 7) is 4.08. The molecule has 4 nitrogen and oxygen atoms in total. The van der Waals surface area contributed by atoms with Gasteiger partial charge in [0.05, 0.1) is 18.8 Å². The molecule has 0 bridgehead atoms. The minimum Gasteiger partial charge on any atom is -0.394 e. The number of amides is 1. The Kier molecular flexibility index (Phi) is 46.0. The molecule has 0 aliphatic heterocycles. The van der Waals surface area contributed by atoms with E-state index in [-0.39, 0.29) is 12.5 Å². The van der Waals surface area contributed by atoms with Gasteiger partial charge in [-0.3, -0.25) is 4.79 Å². The summed E-state index contributed by atoms with van der Waals surface area (Å²) in [6.07, 6.45) is 74.1. The summed E-state index contributed by atoms with van der Waals surface area (Å²) in [5.74, 6) is -0.0753. The minimum atomic E-state index is -0.838. The molecule has 3 N–H and O–H groups in total. The molecule has 0 radical (unpaired) electrons. The van der Waals surface area contributed by atoms with E-state index in [1.54, 1.807) is 6.08 Å². The van der Waals surface area contributed by atoms with Gasteiger partial charge in [-0.1, -0.05) is 226 Å². The molecule has 0 rings (SSSR count). The molecule has 0 aromatic heterocycles. The molecule has 330 valence electrons. The number of nitrogens with one attached hydrogen (secondary N) is 1. The van der Waals surface area contributed by atoms with Crippen LogP contribution in [0.4, 0.5) is 0 Å². The molecule has 0 heterocycles. The summed E-state index contributed by atoms with van der Waals surface area (Å²) < 4.78 is 0. The summed E-state index contributed by atoms with van der Waals surface area (Å²) in [7, 11) is 0. The van der Waals surface area contributed by atoms with Crippen LogP contribution in [0.15, 0.2) is 109 Å². The summed E-state index contributed by atoms with van der Waals surface area (Å²) in [4.78, 5) is 12.3. The van der Waals surface area contributed by atoms with E-state index in [1.165, 1.54) is 109 Å². The van der Waals surface area contributed by atoms with Crippen LogP contribution in [0.1, 0.15) is 206 Å². The second-order valence-corrected chi connectivity index (χ2v) is 15.8. The van der Waals surface area contributed by atoms with E-state index in [1.807, 2.05) is 6.08 Å². The first-order valence-corrected chi connectivity index (χ1v) is 24.1. The van der Waals surface area contributed by atoms with Gasteiger partial charge in [-0.05, 0) is 83.5 Å². The Morgan fingerprint density at radius 3 is 1.14 bits per heavy atom. The average molecular weight is 802 g/mol. The Hall–Kier alpha value is -2.95. The number of carbonyl (C=O) groups excluding carboxylic acids is 1. The first kappa shape index (κ1) is 55.0. The van der Waals surface area contributed by atoms with Crippen molar-refractivity contribution in [3.63, 3.8) is 0 Å². The lowest BCUT2D eigenvalue weighted by atomic mass is 10.0. The Bertz CT molecular complexity index is 1140. The molecule has 2 atom stereocenters. The van der Waals surface area contributed by atoms with Gasteiger partial charge in [0, 0.05) is 6.42 Å². The van der Waals surface area contributed by atoms with E-state index in [2.05, 4.69) is 116 Å². The third kappa shape index (κ3) is 44.2. The predicted molar refractivity (Wildman–Crippen MR) is 257 cm³/mol. The first-order valence-electron chi connectivity index (χ1n) is 24.1. The quantitative estimate of drug-likeness (QED) is 0.0425. The first-order chi connectivity index (χ1) is 28.7. The predicted octanol–water partition coefficient (Wildman–Crippen LogP) is 15.6. The number of hydrogen-bond donors (Lipinski definition) is 3. The van der Waals surface area contributed by atoms with Crippen molar-refractivity contribution in [2.75, 3.05) is 6.61 Å². The maximum absolute atomic E-state index is 12.3. The van der Waals surface area contributed by atoms with Crippen molar-refractivity contribution >= 4 is 5.91 Å². The van der Waals surface area contributed by atoms with Crippen LogP contribution >= 0.6 is 0 Å². The average Bonchev–Trinajstić information content (AvgIpc) is 3.23. The molecule has 0 aliphatic rings. The van der Waals surface area contributed by atoms with Gasteiger partial charge in [0.15, 0.2) is 0 Å². The summed E-state index contributed by atoms with van der Waals surface area (Å²) in [5.41, 5.74) is 0. The lowest BCUT2D eigenvalue weighted by Gasteiger charge is -2.20. The molecular formula is C54H91NO3. The van der Waals surface area contributed by atoms with Crippen molar-refractivity contribution in [1.29, 1.82) is 0 Å². The molecule has 0 saturated heterocycles. The van der Waals surface area contributed by atoms with E-state index in [0.717, 1.165) is 77.0 Å². The van der Waals surface area contributed by atoms with E-state index in [0.29, 0.717) is 6.42 Å². The normalized spacial score (nSPS) is 13.9. The standard InChI is InChI=1S/C54H91NO3/c1-3-5-7-9-10-11-12-13-14-15-16-17-18-19-20-21-22-23-24-25-26-27-28-29-30-31-32-33-34-35-36-37-38-39-40-41-42-43-44-46-48-50-54(58)55-52(51-56)53(57)49-47-45-8-6-4-2/h5,7,10-11,13-14,16-17,19-20,22-23,25-26,28-29,47,49,52-53,56-57H,3-4,6,8-9,12,15,18,21,24,27,30-46,48,50-51H2,1-2H3,(H,55,58)/b7-5-,11-10-,14-13-,17-16-,20-19-,23-22-,26-25-,29-28-,49-47+. The molecule has 4 heteroatoms. The highest BCUT2D eigenvalue weighted by molar-refractivity contribution is 5.76. The van der Waals surface area contributed by atoms with Crippen molar-refractivity contribution in [3.8, 4) is 0 Å². The van der Waals surface area contributed by atoms with Crippen LogP contribution in [0.2, 0.25) is 0 Å². The Balaban J connectivity index is 3.48. The van der Waals surface area contributed by atoms with Crippen LogP contribution in [-0.4, -0.2) is 34.9 Å². The fourth-order valence-corrected chi connectivity index (χ4v) is 6.60. The maximum atomic E-state index is 12.3. The summed E-state index contributed by atoms with van der Waals surface area (Å²) in [6, 6.07) is -0.622. The molecule has 0 fully saturated rings. The Labute approximate surface area is 359 Å². The fraction of sp³-hybridized carbons (Fsp3) is 0.648. The highest BCUT2D eigenvalue weighted by Crippen LogP contribution is 2.15. The van der Waals surface area contributed by atoms with Crippen molar-refractivity contribution < 1.29 is 15.0 Å². The van der Waals surface area contributed by atoms with E-state index < -0.39 is 12.1 Å². The molecule has 58 heavy (non-hydrogen) atoms. The second kappa shape index (κ2) is 48.4. The van der Waals surface area contributed by atoms with E-state index in [9.17, 15) is 15.0 Å².